The summed E-state index contributed by atoms with van der Waals surface area (Å²) >= 11 is 0. The molecule has 1 aromatic heterocycles. The van der Waals surface area contributed by atoms with Crippen molar-refractivity contribution in [3.05, 3.63) is 46.8 Å². The summed E-state index contributed by atoms with van der Waals surface area (Å²) in [6.45, 7) is 5.37. The Labute approximate surface area is 165 Å². The van der Waals surface area contributed by atoms with Crippen LogP contribution in [-0.4, -0.2) is 21.7 Å². The SMILES string of the molecule is CC(=O)Oc1ccc2c(c1)CCC1C2CC[C@]2(C)c3nn(C(C)=O)cc3CC12. The predicted octanol–water partition coefficient (Wildman–Crippen LogP) is 4.04. The smallest absolute Gasteiger partial charge is 0.308 e. The minimum atomic E-state index is -0.270. The van der Waals surface area contributed by atoms with Crippen LogP contribution in [-0.2, 0) is 23.1 Å². The van der Waals surface area contributed by atoms with E-state index >= 15 is 0 Å². The third kappa shape index (κ3) is 2.48. The maximum atomic E-state index is 11.7. The third-order valence-corrected chi connectivity index (χ3v) is 7.44. The second-order valence-electron chi connectivity index (χ2n) is 9.00. The zero-order valence-corrected chi connectivity index (χ0v) is 16.7. The first-order chi connectivity index (χ1) is 13.4. The van der Waals surface area contributed by atoms with E-state index in [1.807, 2.05) is 12.3 Å². The number of fused-ring (bicyclic) bond motifs is 7. The third-order valence-electron chi connectivity index (χ3n) is 7.44. The summed E-state index contributed by atoms with van der Waals surface area (Å²) < 4.78 is 6.81. The van der Waals surface area contributed by atoms with Gasteiger partial charge in [0.2, 0.25) is 5.91 Å². The fourth-order valence-electron chi connectivity index (χ4n) is 6.22. The Morgan fingerprint density at radius 1 is 1.21 bits per heavy atom. The van der Waals surface area contributed by atoms with Gasteiger partial charge in [-0.25, -0.2) is 4.68 Å². The number of carbonyl (C=O) groups is 2. The Morgan fingerprint density at radius 2 is 2.04 bits per heavy atom. The number of hydrogen-bond donors (Lipinski definition) is 0. The van der Waals surface area contributed by atoms with Crippen LogP contribution in [0.1, 0.15) is 73.1 Å². The number of rotatable bonds is 1. The van der Waals surface area contributed by atoms with Gasteiger partial charge in [0.25, 0.3) is 0 Å². The van der Waals surface area contributed by atoms with Crippen LogP contribution >= 0.6 is 0 Å². The predicted molar refractivity (Wildman–Crippen MR) is 105 cm³/mol. The molecular formula is C23H26N2O3. The molecule has 0 radical (unpaired) electrons. The van der Waals surface area contributed by atoms with Crippen LogP contribution in [0.4, 0.5) is 0 Å². The Bertz CT molecular complexity index is 992. The molecule has 0 spiro atoms. The summed E-state index contributed by atoms with van der Waals surface area (Å²) in [6.07, 6.45) is 7.43. The molecule has 5 rings (SSSR count). The summed E-state index contributed by atoms with van der Waals surface area (Å²) in [5.74, 6) is 2.17. The van der Waals surface area contributed by atoms with E-state index in [9.17, 15) is 9.59 Å². The maximum Gasteiger partial charge on any atom is 0.308 e. The van der Waals surface area contributed by atoms with Crippen molar-refractivity contribution in [3.8, 4) is 5.75 Å². The Morgan fingerprint density at radius 3 is 2.79 bits per heavy atom. The lowest BCUT2D eigenvalue weighted by Gasteiger charge is -2.49. The molecule has 146 valence electrons. The van der Waals surface area contributed by atoms with Crippen molar-refractivity contribution in [2.75, 3.05) is 0 Å². The molecule has 1 heterocycles. The lowest BCUT2D eigenvalue weighted by molar-refractivity contribution is -0.131. The highest BCUT2D eigenvalue weighted by molar-refractivity contribution is 5.75. The first kappa shape index (κ1) is 17.7. The largest absolute Gasteiger partial charge is 0.427 e. The van der Waals surface area contributed by atoms with Gasteiger partial charge in [-0.05, 0) is 78.7 Å². The second kappa shape index (κ2) is 6.03. The minimum absolute atomic E-state index is 0.0154. The first-order valence-corrected chi connectivity index (χ1v) is 10.3. The number of carbonyl (C=O) groups excluding carboxylic acids is 2. The molecule has 4 atom stereocenters. The molecule has 1 saturated carbocycles. The molecule has 3 aliphatic rings. The second-order valence-corrected chi connectivity index (χ2v) is 9.00. The van der Waals surface area contributed by atoms with Gasteiger partial charge in [-0.1, -0.05) is 13.0 Å². The van der Waals surface area contributed by atoms with E-state index in [2.05, 4.69) is 24.2 Å². The standard InChI is InChI=1S/C23H26N2O3/c1-13(26)25-12-16-11-21-20-6-4-15-10-17(28-14(2)27)5-7-18(15)19(20)8-9-23(21,3)22(16)24-25/h5,7,10,12,19-21H,4,6,8-9,11H2,1-3H3/t19?,20?,21?,23-/m0/s1. The summed E-state index contributed by atoms with van der Waals surface area (Å²) in [5.41, 5.74) is 5.27. The van der Waals surface area contributed by atoms with Crippen molar-refractivity contribution in [3.63, 3.8) is 0 Å². The van der Waals surface area contributed by atoms with Crippen molar-refractivity contribution in [2.24, 2.45) is 11.8 Å². The van der Waals surface area contributed by atoms with Crippen LogP contribution in [0.25, 0.3) is 0 Å². The Kier molecular flexibility index (Phi) is 3.80. The van der Waals surface area contributed by atoms with Gasteiger partial charge in [-0.15, -0.1) is 0 Å². The average molecular weight is 378 g/mol. The van der Waals surface area contributed by atoms with E-state index in [0.29, 0.717) is 23.5 Å². The fourth-order valence-corrected chi connectivity index (χ4v) is 6.22. The van der Waals surface area contributed by atoms with Crippen LogP contribution in [0.2, 0.25) is 0 Å². The van der Waals surface area contributed by atoms with Crippen LogP contribution in [0.15, 0.2) is 24.4 Å². The lowest BCUT2D eigenvalue weighted by atomic mass is 9.55. The highest BCUT2D eigenvalue weighted by Gasteiger charge is 2.54. The molecule has 0 aliphatic heterocycles. The Balaban J connectivity index is 1.46. The van der Waals surface area contributed by atoms with E-state index in [0.717, 1.165) is 31.4 Å². The minimum Gasteiger partial charge on any atom is -0.427 e. The quantitative estimate of drug-likeness (QED) is 0.555. The van der Waals surface area contributed by atoms with Gasteiger partial charge in [-0.3, -0.25) is 9.59 Å². The van der Waals surface area contributed by atoms with Crippen molar-refractivity contribution in [1.29, 1.82) is 0 Å². The number of aromatic nitrogens is 2. The topological polar surface area (TPSA) is 61.2 Å². The van der Waals surface area contributed by atoms with Crippen LogP contribution in [0, 0.1) is 11.8 Å². The van der Waals surface area contributed by atoms with Gasteiger partial charge in [0.1, 0.15) is 5.75 Å². The molecule has 28 heavy (non-hydrogen) atoms. The molecule has 5 heteroatoms. The van der Waals surface area contributed by atoms with Gasteiger partial charge in [0, 0.05) is 25.5 Å². The number of aryl methyl sites for hydroxylation is 1. The molecular weight excluding hydrogens is 352 g/mol. The lowest BCUT2D eigenvalue weighted by Crippen LogP contribution is -2.43. The van der Waals surface area contributed by atoms with Crippen LogP contribution in [0.3, 0.4) is 0 Å². The molecule has 0 bridgehead atoms. The maximum absolute atomic E-state index is 11.7. The van der Waals surface area contributed by atoms with Gasteiger partial charge in [0.15, 0.2) is 0 Å². The summed E-state index contributed by atoms with van der Waals surface area (Å²) in [7, 11) is 0. The number of hydrogen-bond acceptors (Lipinski definition) is 4. The Hall–Kier alpha value is -2.43. The number of nitrogens with zero attached hydrogens (tertiary/aromatic N) is 2. The molecule has 1 fully saturated rings. The average Bonchev–Trinajstić information content (AvgIpc) is 3.18. The van der Waals surface area contributed by atoms with E-state index in [1.54, 1.807) is 6.92 Å². The zero-order chi connectivity index (χ0) is 19.6. The molecule has 0 N–H and O–H groups in total. The normalized spacial score (nSPS) is 30.0. The van der Waals surface area contributed by atoms with Gasteiger partial charge < -0.3 is 4.74 Å². The van der Waals surface area contributed by atoms with E-state index in [1.165, 1.54) is 34.7 Å². The number of ether oxygens (including phenoxy) is 1. The van der Waals surface area contributed by atoms with Crippen molar-refractivity contribution >= 4 is 11.9 Å². The van der Waals surface area contributed by atoms with Gasteiger partial charge in [-0.2, -0.15) is 5.10 Å². The molecule has 3 aliphatic carbocycles. The van der Waals surface area contributed by atoms with E-state index in [-0.39, 0.29) is 17.3 Å². The highest BCUT2D eigenvalue weighted by Crippen LogP contribution is 2.59. The summed E-state index contributed by atoms with van der Waals surface area (Å²) in [5, 5.41) is 4.69. The van der Waals surface area contributed by atoms with Crippen molar-refractivity contribution in [1.82, 2.24) is 9.78 Å². The van der Waals surface area contributed by atoms with Crippen LogP contribution < -0.4 is 4.74 Å². The zero-order valence-electron chi connectivity index (χ0n) is 16.7. The molecule has 1 aromatic carbocycles. The van der Waals surface area contributed by atoms with E-state index < -0.39 is 0 Å². The van der Waals surface area contributed by atoms with Gasteiger partial charge in [0.05, 0.1) is 5.69 Å². The first-order valence-electron chi connectivity index (χ1n) is 10.3. The molecule has 3 unspecified atom stereocenters. The van der Waals surface area contributed by atoms with Gasteiger partial charge >= 0.3 is 5.97 Å². The highest BCUT2D eigenvalue weighted by atomic mass is 16.5. The molecule has 0 saturated heterocycles. The summed E-state index contributed by atoms with van der Waals surface area (Å²) in [6, 6.07) is 6.18. The molecule has 5 nitrogen and oxygen atoms in total. The van der Waals surface area contributed by atoms with Crippen LogP contribution in [0.5, 0.6) is 5.75 Å². The monoisotopic (exact) mass is 378 g/mol. The molecule has 2 aromatic rings. The van der Waals surface area contributed by atoms with Crippen molar-refractivity contribution in [2.45, 2.75) is 64.2 Å². The van der Waals surface area contributed by atoms with Crippen molar-refractivity contribution < 1.29 is 14.3 Å². The molecule has 0 amide bonds. The number of esters is 1. The van der Waals surface area contributed by atoms with E-state index in [4.69, 9.17) is 4.74 Å². The summed E-state index contributed by atoms with van der Waals surface area (Å²) in [4.78, 5) is 23.0. The number of benzene rings is 1. The fraction of sp³-hybridized carbons (Fsp3) is 0.522.